The SMILES string of the molecule is CCOC(=O)CCC(=O)Oc1ccc(OC)cc1. The fraction of sp³-hybridized carbons (Fsp3) is 0.385. The van der Waals surface area contributed by atoms with Crippen LogP contribution >= 0.6 is 0 Å². The van der Waals surface area contributed by atoms with Gasteiger partial charge in [-0.2, -0.15) is 0 Å². The van der Waals surface area contributed by atoms with Crippen molar-refractivity contribution in [2.75, 3.05) is 13.7 Å². The fourth-order valence-electron chi connectivity index (χ4n) is 1.26. The summed E-state index contributed by atoms with van der Waals surface area (Å²) >= 11 is 0. The summed E-state index contributed by atoms with van der Waals surface area (Å²) in [5.41, 5.74) is 0. The third-order valence-electron chi connectivity index (χ3n) is 2.13. The number of methoxy groups -OCH3 is 1. The highest BCUT2D eigenvalue weighted by Gasteiger charge is 2.09. The van der Waals surface area contributed by atoms with Crippen LogP contribution in [-0.4, -0.2) is 25.7 Å². The van der Waals surface area contributed by atoms with Crippen molar-refractivity contribution < 1.29 is 23.8 Å². The molecule has 0 fully saturated rings. The molecule has 0 aliphatic carbocycles. The maximum Gasteiger partial charge on any atom is 0.311 e. The first-order valence-electron chi connectivity index (χ1n) is 5.66. The molecule has 0 saturated heterocycles. The summed E-state index contributed by atoms with van der Waals surface area (Å²) in [4.78, 5) is 22.5. The van der Waals surface area contributed by atoms with Crippen molar-refractivity contribution in [3.8, 4) is 11.5 Å². The van der Waals surface area contributed by atoms with E-state index in [1.54, 1.807) is 38.3 Å². The zero-order valence-electron chi connectivity index (χ0n) is 10.5. The van der Waals surface area contributed by atoms with Gasteiger partial charge in [-0.15, -0.1) is 0 Å². The van der Waals surface area contributed by atoms with Crippen LogP contribution in [-0.2, 0) is 14.3 Å². The number of ether oxygens (including phenoxy) is 3. The molecule has 0 saturated carbocycles. The van der Waals surface area contributed by atoms with Crippen molar-refractivity contribution in [1.29, 1.82) is 0 Å². The van der Waals surface area contributed by atoms with Gasteiger partial charge < -0.3 is 14.2 Å². The first-order valence-corrected chi connectivity index (χ1v) is 5.66. The van der Waals surface area contributed by atoms with Crippen molar-refractivity contribution >= 4 is 11.9 Å². The minimum atomic E-state index is -0.465. The van der Waals surface area contributed by atoms with Crippen LogP contribution in [0.4, 0.5) is 0 Å². The normalized spacial score (nSPS) is 9.67. The third kappa shape index (κ3) is 4.86. The number of esters is 2. The van der Waals surface area contributed by atoms with E-state index in [0.717, 1.165) is 0 Å². The van der Waals surface area contributed by atoms with Crippen LogP contribution in [0.1, 0.15) is 19.8 Å². The van der Waals surface area contributed by atoms with Crippen molar-refractivity contribution in [2.24, 2.45) is 0 Å². The largest absolute Gasteiger partial charge is 0.497 e. The average molecular weight is 252 g/mol. The summed E-state index contributed by atoms with van der Waals surface area (Å²) in [6.07, 6.45) is 0.0354. The second kappa shape index (κ2) is 7.32. The molecule has 0 heterocycles. The van der Waals surface area contributed by atoms with Gasteiger partial charge in [0.25, 0.3) is 0 Å². The Bertz CT molecular complexity index is 396. The van der Waals surface area contributed by atoms with Gasteiger partial charge in [-0.25, -0.2) is 0 Å². The monoisotopic (exact) mass is 252 g/mol. The molecule has 1 aromatic rings. The predicted molar refractivity (Wildman–Crippen MR) is 64.5 cm³/mol. The van der Waals surface area contributed by atoms with Gasteiger partial charge >= 0.3 is 11.9 Å². The smallest absolute Gasteiger partial charge is 0.311 e. The molecule has 0 N–H and O–H groups in total. The molecule has 18 heavy (non-hydrogen) atoms. The molecule has 0 atom stereocenters. The van der Waals surface area contributed by atoms with Gasteiger partial charge in [0.05, 0.1) is 26.6 Å². The van der Waals surface area contributed by atoms with Crippen LogP contribution in [0.3, 0.4) is 0 Å². The van der Waals surface area contributed by atoms with E-state index < -0.39 is 11.9 Å². The van der Waals surface area contributed by atoms with Crippen molar-refractivity contribution in [1.82, 2.24) is 0 Å². The molecule has 1 rings (SSSR count). The van der Waals surface area contributed by atoms with E-state index in [0.29, 0.717) is 18.1 Å². The maximum atomic E-state index is 11.4. The number of benzene rings is 1. The second-order valence-corrected chi connectivity index (χ2v) is 3.45. The Hall–Kier alpha value is -2.04. The molecule has 1 aromatic carbocycles. The first kappa shape index (κ1) is 14.0. The number of rotatable bonds is 6. The van der Waals surface area contributed by atoms with E-state index in [4.69, 9.17) is 14.2 Å². The van der Waals surface area contributed by atoms with Crippen LogP contribution in [0, 0.1) is 0 Å². The Balaban J connectivity index is 2.37. The molecule has 0 bridgehead atoms. The van der Waals surface area contributed by atoms with Crippen LogP contribution < -0.4 is 9.47 Å². The summed E-state index contributed by atoms with van der Waals surface area (Å²) < 4.78 is 14.7. The molecule has 0 aliphatic rings. The van der Waals surface area contributed by atoms with Gasteiger partial charge in [0, 0.05) is 0 Å². The fourth-order valence-corrected chi connectivity index (χ4v) is 1.26. The second-order valence-electron chi connectivity index (χ2n) is 3.45. The van der Waals surface area contributed by atoms with Crippen LogP contribution in [0.2, 0.25) is 0 Å². The molecular weight excluding hydrogens is 236 g/mol. The lowest BCUT2D eigenvalue weighted by atomic mass is 10.3. The van der Waals surface area contributed by atoms with E-state index in [9.17, 15) is 9.59 Å². The number of hydrogen-bond donors (Lipinski definition) is 0. The Morgan fingerprint density at radius 3 is 2.11 bits per heavy atom. The lowest BCUT2D eigenvalue weighted by molar-refractivity contribution is -0.146. The van der Waals surface area contributed by atoms with Crippen LogP contribution in [0.15, 0.2) is 24.3 Å². The van der Waals surface area contributed by atoms with Gasteiger partial charge in [0.1, 0.15) is 11.5 Å². The number of carbonyl (C=O) groups excluding carboxylic acids is 2. The van der Waals surface area contributed by atoms with E-state index in [1.165, 1.54) is 0 Å². The molecule has 0 aliphatic heterocycles. The van der Waals surface area contributed by atoms with E-state index in [-0.39, 0.29) is 12.8 Å². The predicted octanol–water partition coefficient (Wildman–Crippen LogP) is 1.94. The van der Waals surface area contributed by atoms with Crippen molar-refractivity contribution in [3.63, 3.8) is 0 Å². The highest BCUT2D eigenvalue weighted by atomic mass is 16.5. The molecular formula is C13H16O5. The Kier molecular flexibility index (Phi) is 5.70. The quantitative estimate of drug-likeness (QED) is 0.572. The molecule has 0 radical (unpaired) electrons. The molecule has 0 amide bonds. The van der Waals surface area contributed by atoms with Crippen LogP contribution in [0.5, 0.6) is 11.5 Å². The average Bonchev–Trinajstić information content (AvgIpc) is 2.38. The molecule has 0 unspecified atom stereocenters. The molecule has 0 spiro atoms. The minimum Gasteiger partial charge on any atom is -0.497 e. The highest BCUT2D eigenvalue weighted by Crippen LogP contribution is 2.17. The van der Waals surface area contributed by atoms with Gasteiger partial charge in [-0.1, -0.05) is 0 Å². The third-order valence-corrected chi connectivity index (χ3v) is 2.13. The zero-order chi connectivity index (χ0) is 13.4. The highest BCUT2D eigenvalue weighted by molar-refractivity contribution is 5.79. The van der Waals surface area contributed by atoms with Crippen molar-refractivity contribution in [2.45, 2.75) is 19.8 Å². The van der Waals surface area contributed by atoms with Gasteiger partial charge in [0.15, 0.2) is 0 Å². The minimum absolute atomic E-state index is 0.00482. The van der Waals surface area contributed by atoms with Gasteiger partial charge in [0.2, 0.25) is 0 Å². The molecule has 5 heteroatoms. The summed E-state index contributed by atoms with van der Waals surface area (Å²) in [6, 6.07) is 6.63. The Labute approximate surface area is 106 Å². The first-order chi connectivity index (χ1) is 8.65. The summed E-state index contributed by atoms with van der Waals surface area (Å²) in [6.45, 7) is 2.03. The molecule has 0 aromatic heterocycles. The summed E-state index contributed by atoms with van der Waals surface area (Å²) in [7, 11) is 1.56. The number of hydrogen-bond acceptors (Lipinski definition) is 5. The topological polar surface area (TPSA) is 61.8 Å². The van der Waals surface area contributed by atoms with Crippen LogP contribution in [0.25, 0.3) is 0 Å². The van der Waals surface area contributed by atoms with E-state index in [2.05, 4.69) is 0 Å². The molecule has 98 valence electrons. The van der Waals surface area contributed by atoms with Gasteiger partial charge in [-0.05, 0) is 31.2 Å². The summed E-state index contributed by atoms with van der Waals surface area (Å²) in [5.74, 6) is 0.239. The zero-order valence-corrected chi connectivity index (χ0v) is 10.5. The lowest BCUT2D eigenvalue weighted by Crippen LogP contribution is -2.12. The Morgan fingerprint density at radius 2 is 1.56 bits per heavy atom. The maximum absolute atomic E-state index is 11.4. The van der Waals surface area contributed by atoms with E-state index in [1.807, 2.05) is 0 Å². The number of carbonyl (C=O) groups is 2. The Morgan fingerprint density at radius 1 is 1.00 bits per heavy atom. The van der Waals surface area contributed by atoms with E-state index >= 15 is 0 Å². The standard InChI is InChI=1S/C13H16O5/c1-3-17-12(14)8-9-13(15)18-11-6-4-10(16-2)5-7-11/h4-7H,3,8-9H2,1-2H3. The summed E-state index contributed by atoms with van der Waals surface area (Å²) in [5, 5.41) is 0. The molecule has 5 nitrogen and oxygen atoms in total. The van der Waals surface area contributed by atoms with Crippen molar-refractivity contribution in [3.05, 3.63) is 24.3 Å². The lowest BCUT2D eigenvalue weighted by Gasteiger charge is -2.05. The van der Waals surface area contributed by atoms with Gasteiger partial charge in [-0.3, -0.25) is 9.59 Å².